The Kier molecular flexibility index (Phi) is 9.57. The molecule has 0 amide bonds. The minimum atomic E-state index is 1.23. The predicted octanol–water partition coefficient (Wildman–Crippen LogP) is 4.14. The van der Waals surface area contributed by atoms with Crippen molar-refractivity contribution in [1.82, 2.24) is 3.11 Å². The molecule has 0 aliphatic rings. The lowest BCUT2D eigenvalue weighted by atomic mass is 10.1. The molecular weight excluding hydrogens is 261 g/mol. The summed E-state index contributed by atoms with van der Waals surface area (Å²) < 4.78 is 2.06. The van der Waals surface area contributed by atoms with Gasteiger partial charge in [0.25, 0.3) is 0 Å². The van der Waals surface area contributed by atoms with Crippen LogP contribution >= 0.6 is 22.9 Å². The van der Waals surface area contributed by atoms with Crippen LogP contribution < -0.4 is 0 Å². The Morgan fingerprint density at radius 3 is 2.42 bits per heavy atom. The van der Waals surface area contributed by atoms with Crippen LogP contribution in [0.3, 0.4) is 0 Å². The number of rotatable bonds is 7. The molecule has 0 rings (SSSR count). The molecule has 0 unspecified atom stereocenters. The summed E-state index contributed by atoms with van der Waals surface area (Å²) in [5, 5.41) is 0. The Hall–Kier alpha value is 0.270. The summed E-state index contributed by atoms with van der Waals surface area (Å²) in [5.41, 5.74) is 0. The molecule has 0 aliphatic carbocycles. The highest BCUT2D eigenvalue weighted by atomic mass is 127. The van der Waals surface area contributed by atoms with Gasteiger partial charge in [-0.05, 0) is 12.8 Å². The molecule has 0 aromatic rings. The van der Waals surface area contributed by atoms with Gasteiger partial charge in [-0.2, -0.15) is 0 Å². The largest absolute Gasteiger partial charge is 0.325 e. The number of halogens is 1. The maximum absolute atomic E-state index is 2.26. The highest BCUT2D eigenvalue weighted by Crippen LogP contribution is 2.05. The smallest absolute Gasteiger partial charge is 0.0583 e. The summed E-state index contributed by atoms with van der Waals surface area (Å²) in [6.45, 7) is 2.25. The molecule has 0 fully saturated rings. The second kappa shape index (κ2) is 9.36. The molecular formula is C10H20IN. The van der Waals surface area contributed by atoms with Gasteiger partial charge in [0.2, 0.25) is 0 Å². The summed E-state index contributed by atoms with van der Waals surface area (Å²) >= 11 is 2.26. The highest BCUT2D eigenvalue weighted by molar-refractivity contribution is 14.1. The van der Waals surface area contributed by atoms with E-state index >= 15 is 0 Å². The molecule has 0 saturated heterocycles. The van der Waals surface area contributed by atoms with Gasteiger partial charge in [0.1, 0.15) is 0 Å². The fourth-order valence-corrected chi connectivity index (χ4v) is 1.31. The monoisotopic (exact) mass is 281 g/mol. The molecule has 0 aliphatic heterocycles. The van der Waals surface area contributed by atoms with Gasteiger partial charge >= 0.3 is 0 Å². The van der Waals surface area contributed by atoms with Gasteiger partial charge in [-0.15, -0.1) is 0 Å². The van der Waals surface area contributed by atoms with Gasteiger partial charge in [-0.3, -0.25) is 0 Å². The van der Waals surface area contributed by atoms with Crippen molar-refractivity contribution >= 4 is 22.9 Å². The minimum Gasteiger partial charge on any atom is -0.325 e. The van der Waals surface area contributed by atoms with E-state index < -0.39 is 0 Å². The standard InChI is InChI=1S/C10H20IN/c1-3-4-5-6-7-8-9-10-12(2)11/h9-10H,3-8H2,1-2H3/b10-9-. The lowest BCUT2D eigenvalue weighted by Crippen LogP contribution is -1.89. The Morgan fingerprint density at radius 2 is 1.83 bits per heavy atom. The fraction of sp³-hybridized carbons (Fsp3) is 0.800. The van der Waals surface area contributed by atoms with E-state index in [0.717, 1.165) is 0 Å². The van der Waals surface area contributed by atoms with E-state index in [9.17, 15) is 0 Å². The summed E-state index contributed by atoms with van der Waals surface area (Å²) in [6, 6.07) is 0. The molecule has 0 aromatic heterocycles. The van der Waals surface area contributed by atoms with E-state index in [1.54, 1.807) is 0 Å². The lowest BCUT2D eigenvalue weighted by Gasteiger charge is -2.00. The number of hydrogen-bond donors (Lipinski definition) is 0. The molecule has 0 heterocycles. The van der Waals surface area contributed by atoms with Gasteiger partial charge in [-0.25, -0.2) is 0 Å². The normalized spacial score (nSPS) is 10.9. The van der Waals surface area contributed by atoms with Crippen molar-refractivity contribution in [1.29, 1.82) is 0 Å². The van der Waals surface area contributed by atoms with Crippen LogP contribution in [0.2, 0.25) is 0 Å². The van der Waals surface area contributed by atoms with Crippen LogP contribution in [0, 0.1) is 0 Å². The zero-order valence-electron chi connectivity index (χ0n) is 8.22. The van der Waals surface area contributed by atoms with Crippen molar-refractivity contribution in [3.63, 3.8) is 0 Å². The number of unbranched alkanes of at least 4 members (excludes halogenated alkanes) is 5. The molecule has 0 spiro atoms. The molecule has 0 atom stereocenters. The van der Waals surface area contributed by atoms with Crippen molar-refractivity contribution < 1.29 is 0 Å². The SMILES string of the molecule is CCCCCCC/C=C\N(C)I. The van der Waals surface area contributed by atoms with Crippen molar-refractivity contribution in [3.8, 4) is 0 Å². The Labute approximate surface area is 90.7 Å². The van der Waals surface area contributed by atoms with E-state index in [1.807, 2.05) is 7.05 Å². The average Bonchev–Trinajstić information content (AvgIpc) is 2.02. The maximum atomic E-state index is 2.26. The molecule has 0 bridgehead atoms. The third-order valence-electron chi connectivity index (χ3n) is 1.79. The first-order valence-corrected chi connectivity index (χ1v) is 5.79. The molecule has 0 N–H and O–H groups in total. The lowest BCUT2D eigenvalue weighted by molar-refractivity contribution is 0.636. The molecule has 0 saturated carbocycles. The molecule has 0 aromatic carbocycles. The Morgan fingerprint density at radius 1 is 1.17 bits per heavy atom. The van der Waals surface area contributed by atoms with Crippen LogP contribution in [0.4, 0.5) is 0 Å². The van der Waals surface area contributed by atoms with E-state index in [1.165, 1.54) is 38.5 Å². The van der Waals surface area contributed by atoms with Crippen LogP contribution in [-0.4, -0.2) is 10.2 Å². The first-order chi connectivity index (χ1) is 5.77. The van der Waals surface area contributed by atoms with Gasteiger partial charge in [0, 0.05) is 13.2 Å². The van der Waals surface area contributed by atoms with Crippen LogP contribution in [0.25, 0.3) is 0 Å². The highest BCUT2D eigenvalue weighted by Gasteiger charge is 1.86. The zero-order chi connectivity index (χ0) is 9.23. The number of hydrogen-bond acceptors (Lipinski definition) is 1. The predicted molar refractivity (Wildman–Crippen MR) is 64.3 cm³/mol. The zero-order valence-corrected chi connectivity index (χ0v) is 10.4. The number of allylic oxidation sites excluding steroid dienone is 1. The minimum absolute atomic E-state index is 1.23. The third kappa shape index (κ3) is 10.3. The van der Waals surface area contributed by atoms with E-state index in [-0.39, 0.29) is 0 Å². The fourth-order valence-electron chi connectivity index (χ4n) is 1.09. The van der Waals surface area contributed by atoms with Gasteiger partial charge in [0.15, 0.2) is 0 Å². The van der Waals surface area contributed by atoms with Gasteiger partial charge in [-0.1, -0.05) is 38.7 Å². The van der Waals surface area contributed by atoms with Crippen LogP contribution in [0.5, 0.6) is 0 Å². The second-order valence-electron chi connectivity index (χ2n) is 3.11. The summed E-state index contributed by atoms with van der Waals surface area (Å²) in [7, 11) is 2.05. The van der Waals surface area contributed by atoms with Crippen LogP contribution in [0.1, 0.15) is 45.4 Å². The second-order valence-corrected chi connectivity index (χ2v) is 4.63. The summed E-state index contributed by atoms with van der Waals surface area (Å²) in [5.74, 6) is 0. The first-order valence-electron chi connectivity index (χ1n) is 4.82. The van der Waals surface area contributed by atoms with Crippen molar-refractivity contribution in [2.75, 3.05) is 7.05 Å². The van der Waals surface area contributed by atoms with Gasteiger partial charge in [0.05, 0.1) is 22.9 Å². The van der Waals surface area contributed by atoms with Crippen LogP contribution in [-0.2, 0) is 0 Å². The molecule has 72 valence electrons. The molecule has 12 heavy (non-hydrogen) atoms. The maximum Gasteiger partial charge on any atom is 0.0583 e. The Balaban J connectivity index is 3.00. The van der Waals surface area contributed by atoms with Crippen molar-refractivity contribution in [3.05, 3.63) is 12.3 Å². The van der Waals surface area contributed by atoms with Gasteiger partial charge < -0.3 is 3.11 Å². The van der Waals surface area contributed by atoms with Crippen LogP contribution in [0.15, 0.2) is 12.3 Å². The van der Waals surface area contributed by atoms with Crippen molar-refractivity contribution in [2.24, 2.45) is 0 Å². The van der Waals surface area contributed by atoms with E-state index in [4.69, 9.17) is 0 Å². The number of nitrogens with zero attached hydrogens (tertiary/aromatic N) is 1. The molecule has 2 heteroatoms. The summed E-state index contributed by atoms with van der Waals surface area (Å²) in [6.07, 6.45) is 12.5. The summed E-state index contributed by atoms with van der Waals surface area (Å²) in [4.78, 5) is 0. The third-order valence-corrected chi connectivity index (χ3v) is 2.11. The average molecular weight is 281 g/mol. The quantitative estimate of drug-likeness (QED) is 0.385. The van der Waals surface area contributed by atoms with E-state index in [0.29, 0.717) is 0 Å². The Bertz CT molecular complexity index is 110. The first kappa shape index (κ1) is 12.3. The molecule has 0 radical (unpaired) electrons. The van der Waals surface area contributed by atoms with E-state index in [2.05, 4.69) is 45.2 Å². The topological polar surface area (TPSA) is 3.24 Å². The van der Waals surface area contributed by atoms with Crippen molar-refractivity contribution in [2.45, 2.75) is 45.4 Å². The molecule has 1 nitrogen and oxygen atoms in total.